The normalized spacial score (nSPS) is 10.6. The molecule has 0 amide bonds. The van der Waals surface area contributed by atoms with E-state index in [1.807, 2.05) is 10.6 Å². The van der Waals surface area contributed by atoms with E-state index in [0.29, 0.717) is 28.0 Å². The average molecular weight is 296 g/mol. The Morgan fingerprint density at radius 1 is 1.30 bits per heavy atom. The van der Waals surface area contributed by atoms with Gasteiger partial charge in [0.2, 0.25) is 0 Å². The first kappa shape index (κ1) is 14.5. The van der Waals surface area contributed by atoms with E-state index in [-0.39, 0.29) is 0 Å². The first-order chi connectivity index (χ1) is 9.63. The maximum atomic E-state index is 6.38. The van der Waals surface area contributed by atoms with Crippen LogP contribution >= 0.6 is 11.6 Å². The molecule has 20 heavy (non-hydrogen) atoms. The van der Waals surface area contributed by atoms with E-state index in [9.17, 15) is 0 Å². The number of aryl methyl sites for hydroxylation is 1. The molecular formula is C14H18ClN3O2. The maximum Gasteiger partial charge on any atom is 0.180 e. The smallest absolute Gasteiger partial charge is 0.180 e. The topological polar surface area (TPSA) is 62.3 Å². The van der Waals surface area contributed by atoms with Gasteiger partial charge in [-0.05, 0) is 18.6 Å². The lowest BCUT2D eigenvalue weighted by molar-refractivity contribution is 0.355. The number of ether oxygens (including phenoxy) is 2. The summed E-state index contributed by atoms with van der Waals surface area (Å²) in [6.07, 6.45) is 2.71. The van der Waals surface area contributed by atoms with Gasteiger partial charge in [-0.25, -0.2) is 4.98 Å². The van der Waals surface area contributed by atoms with Crippen LogP contribution in [0.1, 0.15) is 13.3 Å². The van der Waals surface area contributed by atoms with Crippen molar-refractivity contribution in [2.24, 2.45) is 0 Å². The molecule has 0 spiro atoms. The predicted octanol–water partition coefficient (Wildman–Crippen LogP) is 3.21. The minimum absolute atomic E-state index is 0.445. The van der Waals surface area contributed by atoms with E-state index in [1.165, 1.54) is 0 Å². The maximum absolute atomic E-state index is 6.38. The fourth-order valence-electron chi connectivity index (χ4n) is 2.09. The highest BCUT2D eigenvalue weighted by Gasteiger charge is 2.18. The van der Waals surface area contributed by atoms with E-state index < -0.39 is 0 Å². The average Bonchev–Trinajstić information content (AvgIpc) is 2.80. The first-order valence-corrected chi connectivity index (χ1v) is 6.73. The number of aromatic nitrogens is 2. The summed E-state index contributed by atoms with van der Waals surface area (Å²) in [5.74, 6) is 1.66. The third kappa shape index (κ3) is 2.41. The Bertz CT molecular complexity index is 611. The highest BCUT2D eigenvalue weighted by Crippen LogP contribution is 2.42. The zero-order valence-electron chi connectivity index (χ0n) is 11.8. The number of nitrogens with two attached hydrogens (primary N) is 1. The van der Waals surface area contributed by atoms with Crippen LogP contribution in [0.25, 0.3) is 11.3 Å². The molecule has 0 radical (unpaired) electrons. The first-order valence-electron chi connectivity index (χ1n) is 6.35. The van der Waals surface area contributed by atoms with Gasteiger partial charge in [0.05, 0.1) is 25.6 Å². The summed E-state index contributed by atoms with van der Waals surface area (Å²) in [6, 6.07) is 3.62. The van der Waals surface area contributed by atoms with Gasteiger partial charge < -0.3 is 19.8 Å². The minimum atomic E-state index is 0.445. The zero-order valence-corrected chi connectivity index (χ0v) is 12.6. The van der Waals surface area contributed by atoms with Crippen molar-refractivity contribution in [3.8, 4) is 22.8 Å². The van der Waals surface area contributed by atoms with E-state index in [0.717, 1.165) is 18.5 Å². The highest BCUT2D eigenvalue weighted by molar-refractivity contribution is 6.35. The molecule has 6 heteroatoms. The van der Waals surface area contributed by atoms with Crippen LogP contribution in [0.2, 0.25) is 5.02 Å². The number of hydrogen-bond donors (Lipinski definition) is 1. The Kier molecular flexibility index (Phi) is 4.39. The summed E-state index contributed by atoms with van der Waals surface area (Å²) < 4.78 is 12.4. The Labute approximate surface area is 123 Å². The number of anilines is 1. The molecule has 2 rings (SSSR count). The van der Waals surface area contributed by atoms with Crippen LogP contribution in [0.15, 0.2) is 18.5 Å². The molecule has 2 N–H and O–H groups in total. The second-order valence-electron chi connectivity index (χ2n) is 4.33. The number of nitrogen functional groups attached to an aromatic ring is 1. The van der Waals surface area contributed by atoms with Crippen molar-refractivity contribution in [2.75, 3.05) is 20.0 Å². The number of halogens is 1. The Morgan fingerprint density at radius 3 is 2.65 bits per heavy atom. The van der Waals surface area contributed by atoms with Crippen molar-refractivity contribution in [3.05, 3.63) is 23.5 Å². The molecule has 0 aliphatic heterocycles. The van der Waals surface area contributed by atoms with Gasteiger partial charge in [-0.3, -0.25) is 0 Å². The molecule has 1 aromatic heterocycles. The van der Waals surface area contributed by atoms with Gasteiger partial charge in [-0.2, -0.15) is 0 Å². The molecule has 1 aromatic carbocycles. The van der Waals surface area contributed by atoms with Crippen molar-refractivity contribution in [2.45, 2.75) is 19.9 Å². The molecule has 0 unspecified atom stereocenters. The second-order valence-corrected chi connectivity index (χ2v) is 4.71. The molecule has 0 fully saturated rings. The number of methoxy groups -OCH3 is 2. The number of hydrogen-bond acceptors (Lipinski definition) is 4. The van der Waals surface area contributed by atoms with E-state index in [1.54, 1.807) is 26.6 Å². The molecule has 0 bridgehead atoms. The molecular weight excluding hydrogens is 278 g/mol. The van der Waals surface area contributed by atoms with E-state index in [2.05, 4.69) is 11.9 Å². The van der Waals surface area contributed by atoms with Crippen LogP contribution in [0.4, 0.5) is 5.82 Å². The van der Waals surface area contributed by atoms with E-state index in [4.69, 9.17) is 26.8 Å². The van der Waals surface area contributed by atoms with Crippen LogP contribution in [-0.4, -0.2) is 23.8 Å². The van der Waals surface area contributed by atoms with Crippen LogP contribution in [-0.2, 0) is 6.54 Å². The van der Waals surface area contributed by atoms with Crippen molar-refractivity contribution in [1.29, 1.82) is 0 Å². The van der Waals surface area contributed by atoms with Crippen LogP contribution < -0.4 is 15.2 Å². The number of benzene rings is 1. The lowest BCUT2D eigenvalue weighted by Crippen LogP contribution is -2.01. The van der Waals surface area contributed by atoms with Gasteiger partial charge >= 0.3 is 0 Å². The Hall–Kier alpha value is -1.88. The molecule has 1 heterocycles. The molecule has 0 saturated carbocycles. The van der Waals surface area contributed by atoms with Gasteiger partial charge in [0.25, 0.3) is 0 Å². The van der Waals surface area contributed by atoms with Crippen LogP contribution in [0.5, 0.6) is 11.5 Å². The largest absolute Gasteiger partial charge is 0.493 e. The lowest BCUT2D eigenvalue weighted by atomic mass is 10.1. The summed E-state index contributed by atoms with van der Waals surface area (Å²) in [5, 5.41) is 0.445. The third-order valence-electron chi connectivity index (χ3n) is 3.08. The SMILES string of the molecule is CCCn1cnc(-c2ccc(OC)c(OC)c2Cl)c1N. The zero-order chi connectivity index (χ0) is 14.7. The summed E-state index contributed by atoms with van der Waals surface area (Å²) in [7, 11) is 3.12. The lowest BCUT2D eigenvalue weighted by Gasteiger charge is -2.12. The predicted molar refractivity (Wildman–Crippen MR) is 80.5 cm³/mol. The fourth-order valence-corrected chi connectivity index (χ4v) is 2.41. The van der Waals surface area contributed by atoms with Gasteiger partial charge in [0.1, 0.15) is 11.5 Å². The highest BCUT2D eigenvalue weighted by atomic mass is 35.5. The molecule has 0 atom stereocenters. The Balaban J connectivity index is 2.53. The number of rotatable bonds is 5. The van der Waals surface area contributed by atoms with Crippen molar-refractivity contribution >= 4 is 17.4 Å². The molecule has 0 aliphatic carbocycles. The van der Waals surface area contributed by atoms with Crippen molar-refractivity contribution < 1.29 is 9.47 Å². The summed E-state index contributed by atoms with van der Waals surface area (Å²) >= 11 is 6.38. The summed E-state index contributed by atoms with van der Waals surface area (Å²) in [4.78, 5) is 4.35. The molecule has 5 nitrogen and oxygen atoms in total. The van der Waals surface area contributed by atoms with E-state index >= 15 is 0 Å². The van der Waals surface area contributed by atoms with Crippen molar-refractivity contribution in [1.82, 2.24) is 9.55 Å². The summed E-state index contributed by atoms with van der Waals surface area (Å²) in [6.45, 7) is 2.91. The second kappa shape index (κ2) is 6.05. The monoisotopic (exact) mass is 295 g/mol. The third-order valence-corrected chi connectivity index (χ3v) is 3.46. The fraction of sp³-hybridized carbons (Fsp3) is 0.357. The van der Waals surface area contributed by atoms with Gasteiger partial charge in [0, 0.05) is 12.1 Å². The molecule has 0 aliphatic rings. The van der Waals surface area contributed by atoms with Gasteiger partial charge in [-0.1, -0.05) is 18.5 Å². The molecule has 108 valence electrons. The Morgan fingerprint density at radius 2 is 2.05 bits per heavy atom. The molecule has 0 saturated heterocycles. The molecule has 2 aromatic rings. The van der Waals surface area contributed by atoms with Gasteiger partial charge in [0.15, 0.2) is 11.5 Å². The quantitative estimate of drug-likeness (QED) is 0.920. The van der Waals surface area contributed by atoms with Crippen molar-refractivity contribution in [3.63, 3.8) is 0 Å². The number of nitrogens with zero attached hydrogens (tertiary/aromatic N) is 2. The number of imidazole rings is 1. The van der Waals surface area contributed by atoms with Crippen LogP contribution in [0, 0.1) is 0 Å². The summed E-state index contributed by atoms with van der Waals surface area (Å²) in [5.41, 5.74) is 7.51. The standard InChI is InChI=1S/C14H18ClN3O2/c1-4-7-18-8-17-12(14(18)16)9-5-6-10(19-2)13(20-3)11(9)15/h5-6,8H,4,7,16H2,1-3H3. The van der Waals surface area contributed by atoms with Gasteiger partial charge in [-0.15, -0.1) is 0 Å². The minimum Gasteiger partial charge on any atom is -0.493 e. The van der Waals surface area contributed by atoms with Crippen LogP contribution in [0.3, 0.4) is 0 Å².